The van der Waals surface area contributed by atoms with E-state index in [1.165, 1.54) is 12.4 Å². The fourth-order valence-electron chi connectivity index (χ4n) is 2.40. The minimum absolute atomic E-state index is 0.201. The molecular formula is C20H19ClN4O3. The van der Waals surface area contributed by atoms with Crippen molar-refractivity contribution in [1.82, 2.24) is 9.97 Å². The molecule has 2 aromatic carbocycles. The van der Waals surface area contributed by atoms with Crippen LogP contribution in [0.2, 0.25) is 5.02 Å². The molecule has 0 fully saturated rings. The zero-order chi connectivity index (χ0) is 19.9. The fourth-order valence-corrected chi connectivity index (χ4v) is 2.66. The quantitative estimate of drug-likeness (QED) is 0.608. The minimum atomic E-state index is -0.351. The third kappa shape index (κ3) is 4.89. The van der Waals surface area contributed by atoms with E-state index in [1.54, 1.807) is 49.6 Å². The second kappa shape index (κ2) is 9.05. The van der Waals surface area contributed by atoms with Gasteiger partial charge < -0.3 is 20.1 Å². The topological polar surface area (TPSA) is 85.4 Å². The van der Waals surface area contributed by atoms with Gasteiger partial charge in [-0.2, -0.15) is 0 Å². The second-order valence-corrected chi connectivity index (χ2v) is 6.08. The summed E-state index contributed by atoms with van der Waals surface area (Å²) in [5.74, 6) is 1.46. The molecule has 8 heteroatoms. The van der Waals surface area contributed by atoms with Crippen LogP contribution in [-0.4, -0.2) is 29.6 Å². The molecule has 3 aromatic rings. The largest absolute Gasteiger partial charge is 0.495 e. The van der Waals surface area contributed by atoms with E-state index in [0.717, 1.165) is 11.4 Å². The number of ether oxygens (including phenoxy) is 2. The van der Waals surface area contributed by atoms with Crippen molar-refractivity contribution in [2.75, 3.05) is 24.4 Å². The highest BCUT2D eigenvalue weighted by Crippen LogP contribution is 2.28. The predicted octanol–water partition coefficient (Wildman–Crippen LogP) is 4.53. The Hall–Kier alpha value is -3.32. The van der Waals surface area contributed by atoms with E-state index in [9.17, 15) is 4.79 Å². The molecule has 0 bridgehead atoms. The molecule has 0 unspecified atom stereocenters. The average Bonchev–Trinajstić information content (AvgIpc) is 2.70. The number of hydrogen-bond acceptors (Lipinski definition) is 6. The first-order valence-electron chi connectivity index (χ1n) is 8.56. The van der Waals surface area contributed by atoms with E-state index in [4.69, 9.17) is 21.1 Å². The van der Waals surface area contributed by atoms with Crippen LogP contribution in [0.15, 0.2) is 54.9 Å². The van der Waals surface area contributed by atoms with Gasteiger partial charge >= 0.3 is 0 Å². The Morgan fingerprint density at radius 1 is 1.07 bits per heavy atom. The zero-order valence-corrected chi connectivity index (χ0v) is 16.2. The van der Waals surface area contributed by atoms with Crippen molar-refractivity contribution >= 4 is 34.7 Å². The SMILES string of the molecule is CCOc1ccc(NC(=O)c2cnc(Nc3ccc(OC)c(Cl)c3)cn2)cc1. The first-order valence-corrected chi connectivity index (χ1v) is 8.93. The number of carbonyl (C=O) groups is 1. The third-order valence-corrected chi connectivity index (χ3v) is 4.03. The molecule has 0 saturated carbocycles. The van der Waals surface area contributed by atoms with Crippen LogP contribution in [-0.2, 0) is 0 Å². The maximum atomic E-state index is 12.3. The number of anilines is 3. The summed E-state index contributed by atoms with van der Waals surface area (Å²) in [5, 5.41) is 6.32. The summed E-state index contributed by atoms with van der Waals surface area (Å²) >= 11 is 6.11. The molecule has 1 amide bonds. The second-order valence-electron chi connectivity index (χ2n) is 5.67. The van der Waals surface area contributed by atoms with Gasteiger partial charge in [0.05, 0.1) is 31.1 Å². The van der Waals surface area contributed by atoms with Crippen LogP contribution in [0.3, 0.4) is 0 Å². The smallest absolute Gasteiger partial charge is 0.275 e. The van der Waals surface area contributed by atoms with Gasteiger partial charge in [-0.25, -0.2) is 9.97 Å². The van der Waals surface area contributed by atoms with E-state index in [0.29, 0.717) is 28.9 Å². The lowest BCUT2D eigenvalue weighted by Gasteiger charge is -2.09. The first kappa shape index (κ1) is 19.4. The molecule has 0 aliphatic rings. The van der Waals surface area contributed by atoms with E-state index < -0.39 is 0 Å². The third-order valence-electron chi connectivity index (χ3n) is 3.73. The van der Waals surface area contributed by atoms with Gasteiger partial charge in [0.1, 0.15) is 23.0 Å². The molecule has 0 aliphatic carbocycles. The molecule has 7 nitrogen and oxygen atoms in total. The number of nitrogens with one attached hydrogen (secondary N) is 2. The molecule has 0 radical (unpaired) electrons. The van der Waals surface area contributed by atoms with Gasteiger partial charge in [0.25, 0.3) is 5.91 Å². The van der Waals surface area contributed by atoms with Crippen LogP contribution in [0, 0.1) is 0 Å². The minimum Gasteiger partial charge on any atom is -0.495 e. The van der Waals surface area contributed by atoms with Gasteiger partial charge in [-0.3, -0.25) is 4.79 Å². The molecule has 0 atom stereocenters. The highest BCUT2D eigenvalue weighted by molar-refractivity contribution is 6.32. The van der Waals surface area contributed by atoms with Crippen molar-refractivity contribution < 1.29 is 14.3 Å². The lowest BCUT2D eigenvalue weighted by molar-refractivity contribution is 0.102. The molecule has 1 heterocycles. The lowest BCUT2D eigenvalue weighted by Crippen LogP contribution is -2.14. The van der Waals surface area contributed by atoms with Crippen molar-refractivity contribution in [2.45, 2.75) is 6.92 Å². The summed E-state index contributed by atoms with van der Waals surface area (Å²) in [6.07, 6.45) is 2.88. The maximum Gasteiger partial charge on any atom is 0.275 e. The van der Waals surface area contributed by atoms with Gasteiger partial charge in [-0.05, 0) is 49.4 Å². The number of benzene rings is 2. The highest BCUT2D eigenvalue weighted by atomic mass is 35.5. The molecule has 2 N–H and O–H groups in total. The van der Waals surface area contributed by atoms with Crippen LogP contribution in [0.4, 0.5) is 17.2 Å². The number of hydrogen-bond donors (Lipinski definition) is 2. The van der Waals surface area contributed by atoms with Crippen LogP contribution in [0.5, 0.6) is 11.5 Å². The molecule has 3 rings (SSSR count). The maximum absolute atomic E-state index is 12.3. The van der Waals surface area contributed by atoms with Crippen molar-refractivity contribution in [3.63, 3.8) is 0 Å². The van der Waals surface area contributed by atoms with Crippen LogP contribution < -0.4 is 20.1 Å². The number of nitrogens with zero attached hydrogens (tertiary/aromatic N) is 2. The van der Waals surface area contributed by atoms with Gasteiger partial charge in [-0.1, -0.05) is 11.6 Å². The number of carbonyl (C=O) groups excluding carboxylic acids is 1. The zero-order valence-electron chi connectivity index (χ0n) is 15.4. The van der Waals surface area contributed by atoms with Crippen LogP contribution >= 0.6 is 11.6 Å². The highest BCUT2D eigenvalue weighted by Gasteiger charge is 2.09. The van der Waals surface area contributed by atoms with Gasteiger partial charge in [-0.15, -0.1) is 0 Å². The summed E-state index contributed by atoms with van der Waals surface area (Å²) in [6, 6.07) is 12.4. The van der Waals surface area contributed by atoms with Crippen molar-refractivity contribution in [2.24, 2.45) is 0 Å². The van der Waals surface area contributed by atoms with Crippen LogP contribution in [0.25, 0.3) is 0 Å². The number of aromatic nitrogens is 2. The summed E-state index contributed by atoms with van der Waals surface area (Å²) in [5.41, 5.74) is 1.57. The molecule has 0 saturated heterocycles. The molecule has 144 valence electrons. The first-order chi connectivity index (χ1) is 13.6. The standard InChI is InChI=1S/C20H19ClN4O3/c1-3-28-15-7-4-13(5-8-15)25-20(26)17-11-23-19(12-22-17)24-14-6-9-18(27-2)16(21)10-14/h4-12H,3H2,1-2H3,(H,23,24)(H,25,26). The van der Waals surface area contributed by atoms with Crippen molar-refractivity contribution in [1.29, 1.82) is 0 Å². The lowest BCUT2D eigenvalue weighted by atomic mass is 10.3. The molecular weight excluding hydrogens is 380 g/mol. The number of methoxy groups -OCH3 is 1. The number of halogens is 1. The Morgan fingerprint density at radius 3 is 2.43 bits per heavy atom. The molecule has 28 heavy (non-hydrogen) atoms. The van der Waals surface area contributed by atoms with E-state index in [2.05, 4.69) is 20.6 Å². The number of rotatable bonds is 7. The summed E-state index contributed by atoms with van der Waals surface area (Å²) in [7, 11) is 1.55. The Balaban J connectivity index is 1.63. The van der Waals surface area contributed by atoms with E-state index >= 15 is 0 Å². The predicted molar refractivity (Wildman–Crippen MR) is 109 cm³/mol. The summed E-state index contributed by atoms with van der Waals surface area (Å²) in [4.78, 5) is 20.7. The Bertz CT molecular complexity index is 947. The van der Waals surface area contributed by atoms with E-state index in [1.807, 2.05) is 6.92 Å². The van der Waals surface area contributed by atoms with Crippen molar-refractivity contribution in [3.05, 3.63) is 65.6 Å². The summed E-state index contributed by atoms with van der Waals surface area (Å²) in [6.45, 7) is 2.50. The number of amides is 1. The van der Waals surface area contributed by atoms with Crippen molar-refractivity contribution in [3.8, 4) is 11.5 Å². The molecule has 1 aromatic heterocycles. The van der Waals surface area contributed by atoms with Gasteiger partial charge in [0, 0.05) is 11.4 Å². The van der Waals surface area contributed by atoms with Gasteiger partial charge in [0.2, 0.25) is 0 Å². The Morgan fingerprint density at radius 2 is 1.82 bits per heavy atom. The Kier molecular flexibility index (Phi) is 6.29. The summed E-state index contributed by atoms with van der Waals surface area (Å²) < 4.78 is 10.5. The molecule has 0 spiro atoms. The van der Waals surface area contributed by atoms with Crippen LogP contribution in [0.1, 0.15) is 17.4 Å². The monoisotopic (exact) mass is 398 g/mol. The van der Waals surface area contributed by atoms with Gasteiger partial charge in [0.15, 0.2) is 0 Å². The van der Waals surface area contributed by atoms with E-state index in [-0.39, 0.29) is 11.6 Å². The average molecular weight is 399 g/mol. The molecule has 0 aliphatic heterocycles. The Labute approximate surface area is 167 Å². The normalized spacial score (nSPS) is 10.2. The fraction of sp³-hybridized carbons (Fsp3) is 0.150.